The molecule has 1 fully saturated rings. The van der Waals surface area contributed by atoms with E-state index >= 15 is 0 Å². The number of hydrogen-bond acceptors (Lipinski definition) is 3. The minimum absolute atomic E-state index is 0.0862. The van der Waals surface area contributed by atoms with Crippen LogP contribution in [0.5, 0.6) is 0 Å². The Morgan fingerprint density at radius 1 is 1.20 bits per heavy atom. The Hall–Kier alpha value is -1.19. The number of unbranched alkanes of at least 4 members (excludes halogenated alkanes) is 2. The largest absolute Gasteiger partial charge is 0.379 e. The van der Waals surface area contributed by atoms with Crippen molar-refractivity contribution in [3.8, 4) is 0 Å². The number of nitrogens with zero attached hydrogens (tertiary/aromatic N) is 1. The zero-order chi connectivity index (χ0) is 14.2. The van der Waals surface area contributed by atoms with E-state index in [2.05, 4.69) is 24.0 Å². The standard InChI is InChI=1S/C17H25NO2/c1-2-3-5-10-16(19)17(15-8-6-4-7-9-15)18-11-13-20-14-12-18/h4,6-9,17H,2-3,5,10-14H2,1H3. The second-order valence-electron chi connectivity index (χ2n) is 5.38. The summed E-state index contributed by atoms with van der Waals surface area (Å²) in [5.74, 6) is 0.353. The van der Waals surface area contributed by atoms with E-state index in [4.69, 9.17) is 4.74 Å². The average Bonchev–Trinajstić information content (AvgIpc) is 2.50. The Morgan fingerprint density at radius 2 is 1.90 bits per heavy atom. The van der Waals surface area contributed by atoms with Gasteiger partial charge in [0.1, 0.15) is 0 Å². The highest BCUT2D eigenvalue weighted by Crippen LogP contribution is 2.25. The maximum atomic E-state index is 12.6. The van der Waals surface area contributed by atoms with Gasteiger partial charge in [-0.3, -0.25) is 9.69 Å². The third kappa shape index (κ3) is 4.15. The van der Waals surface area contributed by atoms with E-state index in [1.165, 1.54) is 0 Å². The van der Waals surface area contributed by atoms with E-state index in [9.17, 15) is 4.79 Å². The van der Waals surface area contributed by atoms with Gasteiger partial charge in [0.2, 0.25) is 0 Å². The van der Waals surface area contributed by atoms with Gasteiger partial charge < -0.3 is 4.74 Å². The van der Waals surface area contributed by atoms with Crippen molar-refractivity contribution in [2.45, 2.75) is 38.6 Å². The molecular weight excluding hydrogens is 250 g/mol. The summed E-state index contributed by atoms with van der Waals surface area (Å²) in [6.07, 6.45) is 3.98. The van der Waals surface area contributed by atoms with Crippen molar-refractivity contribution < 1.29 is 9.53 Å². The molecule has 1 aromatic carbocycles. The number of carbonyl (C=O) groups excluding carboxylic acids is 1. The third-order valence-corrected chi connectivity index (χ3v) is 3.86. The highest BCUT2D eigenvalue weighted by atomic mass is 16.5. The Balaban J connectivity index is 2.09. The summed E-state index contributed by atoms with van der Waals surface area (Å²) >= 11 is 0. The molecule has 1 aliphatic heterocycles. The van der Waals surface area contributed by atoms with Crippen LogP contribution in [-0.2, 0) is 9.53 Å². The number of Topliss-reactive ketones (excluding diaryl/α,β-unsaturated/α-hetero) is 1. The Labute approximate surface area is 121 Å². The minimum atomic E-state index is -0.0862. The number of carbonyl (C=O) groups is 1. The molecule has 0 saturated carbocycles. The van der Waals surface area contributed by atoms with Gasteiger partial charge in [-0.1, -0.05) is 50.1 Å². The lowest BCUT2D eigenvalue weighted by Gasteiger charge is -2.34. The fourth-order valence-corrected chi connectivity index (χ4v) is 2.76. The highest BCUT2D eigenvalue weighted by molar-refractivity contribution is 5.85. The molecule has 0 aliphatic carbocycles. The molecule has 0 amide bonds. The van der Waals surface area contributed by atoms with E-state index in [0.717, 1.165) is 51.1 Å². The second-order valence-corrected chi connectivity index (χ2v) is 5.38. The first-order valence-corrected chi connectivity index (χ1v) is 7.72. The zero-order valence-corrected chi connectivity index (χ0v) is 12.4. The number of rotatable bonds is 7. The summed E-state index contributed by atoms with van der Waals surface area (Å²) in [4.78, 5) is 14.9. The molecule has 1 aliphatic rings. The third-order valence-electron chi connectivity index (χ3n) is 3.86. The normalized spacial score (nSPS) is 17.9. The van der Waals surface area contributed by atoms with Crippen LogP contribution in [0.15, 0.2) is 30.3 Å². The van der Waals surface area contributed by atoms with Gasteiger partial charge in [-0.15, -0.1) is 0 Å². The predicted molar refractivity (Wildman–Crippen MR) is 80.7 cm³/mol. The molecule has 1 saturated heterocycles. The van der Waals surface area contributed by atoms with Crippen LogP contribution in [0, 0.1) is 0 Å². The second kappa shape index (κ2) is 8.18. The van der Waals surface area contributed by atoms with Gasteiger partial charge >= 0.3 is 0 Å². The summed E-state index contributed by atoms with van der Waals surface area (Å²) in [5, 5.41) is 0. The van der Waals surface area contributed by atoms with Crippen LogP contribution < -0.4 is 0 Å². The van der Waals surface area contributed by atoms with E-state index in [1.54, 1.807) is 0 Å². The lowest BCUT2D eigenvalue weighted by atomic mass is 9.97. The monoisotopic (exact) mass is 275 g/mol. The maximum absolute atomic E-state index is 12.6. The Kier molecular flexibility index (Phi) is 6.22. The first-order chi connectivity index (χ1) is 9.83. The van der Waals surface area contributed by atoms with Crippen molar-refractivity contribution in [3.05, 3.63) is 35.9 Å². The van der Waals surface area contributed by atoms with Crippen LogP contribution in [0.1, 0.15) is 44.2 Å². The molecule has 2 rings (SSSR count). The highest BCUT2D eigenvalue weighted by Gasteiger charge is 2.28. The van der Waals surface area contributed by atoms with Crippen molar-refractivity contribution in [3.63, 3.8) is 0 Å². The van der Waals surface area contributed by atoms with Gasteiger partial charge in [0.05, 0.1) is 19.3 Å². The van der Waals surface area contributed by atoms with E-state index in [1.807, 2.05) is 18.2 Å². The fourth-order valence-electron chi connectivity index (χ4n) is 2.76. The minimum Gasteiger partial charge on any atom is -0.379 e. The molecule has 110 valence electrons. The average molecular weight is 275 g/mol. The number of hydrogen-bond donors (Lipinski definition) is 0. The van der Waals surface area contributed by atoms with Gasteiger partial charge in [0.15, 0.2) is 5.78 Å². The fraction of sp³-hybridized carbons (Fsp3) is 0.588. The van der Waals surface area contributed by atoms with Crippen molar-refractivity contribution in [2.75, 3.05) is 26.3 Å². The van der Waals surface area contributed by atoms with Crippen LogP contribution >= 0.6 is 0 Å². The van der Waals surface area contributed by atoms with E-state index in [-0.39, 0.29) is 6.04 Å². The van der Waals surface area contributed by atoms with Crippen molar-refractivity contribution in [2.24, 2.45) is 0 Å². The van der Waals surface area contributed by atoms with Gasteiger partial charge in [0.25, 0.3) is 0 Å². The SMILES string of the molecule is CCCCCC(=O)C(c1ccccc1)N1CCOCC1. The van der Waals surface area contributed by atoms with Crippen molar-refractivity contribution >= 4 is 5.78 Å². The molecule has 1 atom stereocenters. The van der Waals surface area contributed by atoms with E-state index in [0.29, 0.717) is 12.2 Å². The quantitative estimate of drug-likeness (QED) is 0.716. The van der Waals surface area contributed by atoms with Crippen LogP contribution in [0.4, 0.5) is 0 Å². The molecule has 0 radical (unpaired) electrons. The zero-order valence-electron chi connectivity index (χ0n) is 12.4. The molecule has 3 nitrogen and oxygen atoms in total. The van der Waals surface area contributed by atoms with Crippen LogP contribution in [-0.4, -0.2) is 37.0 Å². The summed E-state index contributed by atoms with van der Waals surface area (Å²) in [7, 11) is 0. The van der Waals surface area contributed by atoms with E-state index < -0.39 is 0 Å². The van der Waals surface area contributed by atoms with Crippen LogP contribution in [0.25, 0.3) is 0 Å². The summed E-state index contributed by atoms with van der Waals surface area (Å²) in [5.41, 5.74) is 1.12. The molecule has 1 aromatic rings. The van der Waals surface area contributed by atoms with Gasteiger partial charge in [-0.05, 0) is 12.0 Å². The number of benzene rings is 1. The Morgan fingerprint density at radius 3 is 2.55 bits per heavy atom. The summed E-state index contributed by atoms with van der Waals surface area (Å²) in [6.45, 7) is 5.32. The number of ketones is 1. The number of ether oxygens (including phenoxy) is 1. The molecule has 3 heteroatoms. The molecule has 0 N–H and O–H groups in total. The van der Waals surface area contributed by atoms with Crippen molar-refractivity contribution in [1.82, 2.24) is 4.90 Å². The van der Waals surface area contributed by atoms with Crippen molar-refractivity contribution in [1.29, 1.82) is 0 Å². The smallest absolute Gasteiger partial charge is 0.154 e. The lowest BCUT2D eigenvalue weighted by Crippen LogP contribution is -2.42. The van der Waals surface area contributed by atoms with Gasteiger partial charge in [0, 0.05) is 19.5 Å². The van der Waals surface area contributed by atoms with Gasteiger partial charge in [-0.2, -0.15) is 0 Å². The molecule has 0 bridgehead atoms. The van der Waals surface area contributed by atoms with Crippen LogP contribution in [0.2, 0.25) is 0 Å². The summed E-state index contributed by atoms with van der Waals surface area (Å²) in [6, 6.07) is 10.1. The maximum Gasteiger partial charge on any atom is 0.154 e. The lowest BCUT2D eigenvalue weighted by molar-refractivity contribution is -0.126. The molecule has 0 aromatic heterocycles. The molecule has 20 heavy (non-hydrogen) atoms. The molecule has 1 unspecified atom stereocenters. The molecular formula is C17H25NO2. The van der Waals surface area contributed by atoms with Gasteiger partial charge in [-0.25, -0.2) is 0 Å². The topological polar surface area (TPSA) is 29.5 Å². The summed E-state index contributed by atoms with van der Waals surface area (Å²) < 4.78 is 5.41. The molecule has 0 spiro atoms. The Bertz CT molecular complexity index is 399. The predicted octanol–water partition coefficient (Wildman–Crippen LogP) is 3.21. The first kappa shape index (κ1) is 15.2. The first-order valence-electron chi connectivity index (χ1n) is 7.72. The van der Waals surface area contributed by atoms with Crippen LogP contribution in [0.3, 0.4) is 0 Å². The number of morpholine rings is 1. The molecule has 1 heterocycles.